The van der Waals surface area contributed by atoms with Crippen molar-refractivity contribution in [2.24, 2.45) is 11.8 Å². The van der Waals surface area contributed by atoms with Crippen LogP contribution in [0.1, 0.15) is 87.3 Å². The summed E-state index contributed by atoms with van der Waals surface area (Å²) in [6.07, 6.45) is 12.2. The van der Waals surface area contributed by atoms with E-state index in [0.29, 0.717) is 36.2 Å². The van der Waals surface area contributed by atoms with Crippen molar-refractivity contribution in [2.75, 3.05) is 49.2 Å². The number of rotatable bonds is 4. The number of nitrogens with zero attached hydrogens (tertiary/aromatic N) is 3. The summed E-state index contributed by atoms with van der Waals surface area (Å²) in [5.41, 5.74) is 2.90. The van der Waals surface area contributed by atoms with Gasteiger partial charge >= 0.3 is 0 Å². The van der Waals surface area contributed by atoms with E-state index in [1.165, 1.54) is 50.5 Å². The molecule has 4 atom stereocenters. The molecule has 2 amide bonds. The first-order chi connectivity index (χ1) is 20.0. The molecule has 1 saturated carbocycles. The van der Waals surface area contributed by atoms with Gasteiger partial charge in [-0.1, -0.05) is 51.0 Å². The quantitative estimate of drug-likeness (QED) is 0.538. The van der Waals surface area contributed by atoms with Gasteiger partial charge in [-0.2, -0.15) is 0 Å². The number of amides is 2. The Hall–Kier alpha value is -2.68. The number of carbonyl (C=O) groups is 2. The Morgan fingerprint density at radius 1 is 0.976 bits per heavy atom. The van der Waals surface area contributed by atoms with Crippen LogP contribution in [0.5, 0.6) is 0 Å². The van der Waals surface area contributed by atoms with Crippen LogP contribution in [-0.4, -0.2) is 68.3 Å². The molecule has 0 radical (unpaired) electrons. The van der Waals surface area contributed by atoms with Gasteiger partial charge in [0.15, 0.2) is 5.76 Å². The number of carbonyl (C=O) groups excluding carboxylic acids is 2. The van der Waals surface area contributed by atoms with E-state index >= 15 is 0 Å². The van der Waals surface area contributed by atoms with Crippen LogP contribution in [0.3, 0.4) is 0 Å². The highest BCUT2D eigenvalue weighted by Crippen LogP contribution is 2.45. The molecule has 0 spiro atoms. The molecule has 1 aliphatic carbocycles. The third kappa shape index (κ3) is 5.97. The molecule has 8 heteroatoms. The number of fused-ring (bicyclic) bond motifs is 1. The number of benzene rings is 1. The summed E-state index contributed by atoms with van der Waals surface area (Å²) < 4.78 is 11.2. The molecular formula is C33H46N4O4. The molecule has 3 aliphatic heterocycles. The Labute approximate surface area is 244 Å². The van der Waals surface area contributed by atoms with Crippen molar-refractivity contribution < 1.29 is 18.7 Å². The lowest BCUT2D eigenvalue weighted by Crippen LogP contribution is -2.56. The van der Waals surface area contributed by atoms with Gasteiger partial charge in [-0.05, 0) is 60.9 Å². The Morgan fingerprint density at radius 3 is 2.44 bits per heavy atom. The number of hydrogen-bond donors (Lipinski definition) is 1. The lowest BCUT2D eigenvalue weighted by atomic mass is 9.69. The van der Waals surface area contributed by atoms with Gasteiger partial charge in [-0.15, -0.1) is 0 Å². The Bertz CT molecular complexity index is 1190. The summed E-state index contributed by atoms with van der Waals surface area (Å²) in [7, 11) is 0. The van der Waals surface area contributed by atoms with Gasteiger partial charge in [-0.25, -0.2) is 0 Å². The summed E-state index contributed by atoms with van der Waals surface area (Å²) >= 11 is 0. The maximum atomic E-state index is 13.7. The topological polar surface area (TPSA) is 78.3 Å². The normalized spacial score (nSPS) is 28.5. The number of morpholine rings is 1. The predicted molar refractivity (Wildman–Crippen MR) is 160 cm³/mol. The summed E-state index contributed by atoms with van der Waals surface area (Å²) in [5, 5.41) is 3.95. The maximum Gasteiger partial charge on any atom is 0.294 e. The van der Waals surface area contributed by atoms with E-state index in [4.69, 9.17) is 9.15 Å². The van der Waals surface area contributed by atoms with E-state index in [1.807, 2.05) is 16.7 Å². The number of hydrogen-bond acceptors (Lipinski definition) is 6. The fourth-order valence-corrected chi connectivity index (χ4v) is 7.95. The van der Waals surface area contributed by atoms with E-state index < -0.39 is 0 Å². The average molecular weight is 563 g/mol. The Kier molecular flexibility index (Phi) is 8.79. The Balaban J connectivity index is 1.37. The van der Waals surface area contributed by atoms with Crippen molar-refractivity contribution >= 4 is 23.2 Å². The summed E-state index contributed by atoms with van der Waals surface area (Å²) in [6, 6.07) is 9.89. The average Bonchev–Trinajstić information content (AvgIpc) is 3.51. The minimum atomic E-state index is -0.156. The van der Waals surface area contributed by atoms with Crippen LogP contribution < -0.4 is 15.1 Å². The highest BCUT2D eigenvalue weighted by atomic mass is 16.5. The second-order valence-electron chi connectivity index (χ2n) is 12.6. The van der Waals surface area contributed by atoms with Crippen LogP contribution in [0, 0.1) is 11.8 Å². The molecule has 6 rings (SSSR count). The molecule has 8 nitrogen and oxygen atoms in total. The molecule has 41 heavy (non-hydrogen) atoms. The smallest absolute Gasteiger partial charge is 0.294 e. The molecular weight excluding hydrogens is 516 g/mol. The molecule has 1 N–H and O–H groups in total. The molecule has 0 bridgehead atoms. The largest absolute Gasteiger partial charge is 0.459 e. The fourth-order valence-electron chi connectivity index (χ4n) is 7.95. The van der Waals surface area contributed by atoms with Crippen molar-refractivity contribution in [3.8, 4) is 0 Å². The summed E-state index contributed by atoms with van der Waals surface area (Å²) in [5.74, 6) is 1.79. The third-order valence-electron chi connectivity index (χ3n) is 10.0. The van der Waals surface area contributed by atoms with Gasteiger partial charge in [0.1, 0.15) is 0 Å². The molecule has 2 saturated heterocycles. The van der Waals surface area contributed by atoms with Crippen LogP contribution in [0.15, 0.2) is 41.0 Å². The van der Waals surface area contributed by atoms with Crippen LogP contribution in [0.25, 0.3) is 0 Å². The van der Waals surface area contributed by atoms with Crippen molar-refractivity contribution in [3.63, 3.8) is 0 Å². The van der Waals surface area contributed by atoms with Crippen LogP contribution in [0.4, 0.5) is 11.4 Å². The second kappa shape index (κ2) is 12.7. The molecule has 1 aromatic carbocycles. The van der Waals surface area contributed by atoms with Gasteiger partial charge < -0.3 is 24.3 Å². The lowest BCUT2D eigenvalue weighted by Gasteiger charge is -2.46. The lowest BCUT2D eigenvalue weighted by molar-refractivity contribution is -0.117. The molecule has 1 aromatic heterocycles. The second-order valence-corrected chi connectivity index (χ2v) is 12.6. The minimum absolute atomic E-state index is 0.00163. The first-order valence-electron chi connectivity index (χ1n) is 15.9. The van der Waals surface area contributed by atoms with Gasteiger partial charge in [0.2, 0.25) is 5.91 Å². The van der Waals surface area contributed by atoms with Crippen LogP contribution in [-0.2, 0) is 9.53 Å². The molecule has 3 unspecified atom stereocenters. The molecule has 4 aliphatic rings. The van der Waals surface area contributed by atoms with Crippen molar-refractivity contribution in [2.45, 2.75) is 83.3 Å². The zero-order valence-electron chi connectivity index (χ0n) is 24.7. The maximum absolute atomic E-state index is 13.7. The molecule has 3 fully saturated rings. The SMILES string of the molecule is CC(=O)N1c2ccc(C3CC(N4CCOCC4)NCC3C3CCCCCCC3)cc2N(C(=O)c2ccco2)C[C@@H]1C. The minimum Gasteiger partial charge on any atom is -0.459 e. The standard InChI is InChI=1S/C33H46N4O4/c1-23-22-36(33(39)31-11-8-16-41-31)30-19-26(12-13-29(30)37(23)24(2)38)27-20-32(35-14-17-40-18-15-35)34-21-28(27)25-9-6-4-3-5-7-10-25/h8,11-13,16,19,23,25,27-28,32,34H,3-7,9-10,14-15,17-18,20-22H2,1-2H3/t23-,27?,28?,32?/m0/s1. The Morgan fingerprint density at radius 2 is 1.73 bits per heavy atom. The van der Waals surface area contributed by atoms with E-state index in [2.05, 4.69) is 28.4 Å². The number of piperidine rings is 1. The van der Waals surface area contributed by atoms with Crippen LogP contribution in [0.2, 0.25) is 0 Å². The number of nitrogens with one attached hydrogen (secondary N) is 1. The number of anilines is 2. The van der Waals surface area contributed by atoms with E-state index in [1.54, 1.807) is 25.3 Å². The highest BCUT2D eigenvalue weighted by molar-refractivity contribution is 6.09. The first kappa shape index (κ1) is 28.4. The van der Waals surface area contributed by atoms with Gasteiger partial charge in [0, 0.05) is 33.1 Å². The predicted octanol–water partition coefficient (Wildman–Crippen LogP) is 5.39. The third-order valence-corrected chi connectivity index (χ3v) is 10.0. The summed E-state index contributed by atoms with van der Waals surface area (Å²) in [4.78, 5) is 32.7. The molecule has 222 valence electrons. The van der Waals surface area contributed by atoms with Crippen LogP contribution >= 0.6 is 0 Å². The van der Waals surface area contributed by atoms with E-state index in [-0.39, 0.29) is 17.9 Å². The first-order valence-corrected chi connectivity index (χ1v) is 15.9. The summed E-state index contributed by atoms with van der Waals surface area (Å²) in [6.45, 7) is 8.56. The number of furan rings is 1. The van der Waals surface area contributed by atoms with E-state index in [9.17, 15) is 9.59 Å². The van der Waals surface area contributed by atoms with Crippen molar-refractivity contribution in [1.82, 2.24) is 10.2 Å². The number of ether oxygens (including phenoxy) is 1. The van der Waals surface area contributed by atoms with Gasteiger partial charge in [0.25, 0.3) is 5.91 Å². The zero-order chi connectivity index (χ0) is 28.3. The molecule has 2 aromatic rings. The van der Waals surface area contributed by atoms with Crippen molar-refractivity contribution in [3.05, 3.63) is 47.9 Å². The fraction of sp³-hybridized carbons (Fsp3) is 0.636. The van der Waals surface area contributed by atoms with Gasteiger partial charge in [-0.3, -0.25) is 14.5 Å². The zero-order valence-corrected chi connectivity index (χ0v) is 24.7. The van der Waals surface area contributed by atoms with Crippen molar-refractivity contribution in [1.29, 1.82) is 0 Å². The molecule has 4 heterocycles. The van der Waals surface area contributed by atoms with E-state index in [0.717, 1.165) is 50.6 Å². The highest BCUT2D eigenvalue weighted by Gasteiger charge is 2.40. The monoisotopic (exact) mass is 562 g/mol. The van der Waals surface area contributed by atoms with Gasteiger partial charge in [0.05, 0.1) is 43.1 Å².